The summed E-state index contributed by atoms with van der Waals surface area (Å²) in [5.41, 5.74) is 2.94. The third kappa shape index (κ3) is 3.24. The standard InChI is InChI=1S/C19H21NO5/c21-10-19(11-22,12-23)20-18(24)25-9-17-15-7-3-1-5-13(15)14-6-2-4-8-16(14)17/h1-8,17,21-23H,9-12H2,(H,20,24). The minimum atomic E-state index is -1.50. The van der Waals surface area contributed by atoms with E-state index in [0.717, 1.165) is 22.3 Å². The maximum absolute atomic E-state index is 12.0. The fourth-order valence-electron chi connectivity index (χ4n) is 3.12. The molecule has 6 heteroatoms. The number of amides is 1. The van der Waals surface area contributed by atoms with Crippen molar-refractivity contribution in [3.8, 4) is 11.1 Å². The van der Waals surface area contributed by atoms with Crippen LogP contribution < -0.4 is 5.32 Å². The zero-order valence-corrected chi connectivity index (χ0v) is 13.7. The van der Waals surface area contributed by atoms with E-state index in [1.54, 1.807) is 0 Å². The van der Waals surface area contributed by atoms with Crippen molar-refractivity contribution in [2.45, 2.75) is 11.5 Å². The molecule has 0 saturated carbocycles. The number of rotatable bonds is 6. The van der Waals surface area contributed by atoms with Gasteiger partial charge in [-0.25, -0.2) is 4.79 Å². The van der Waals surface area contributed by atoms with Crippen LogP contribution in [-0.4, -0.2) is 53.4 Å². The SMILES string of the molecule is O=C(NC(CO)(CO)CO)OCC1c2ccccc2-c2ccccc21. The molecule has 0 aliphatic heterocycles. The van der Waals surface area contributed by atoms with Crippen LogP contribution >= 0.6 is 0 Å². The Bertz CT molecular complexity index is 703. The van der Waals surface area contributed by atoms with E-state index < -0.39 is 31.5 Å². The fourth-order valence-corrected chi connectivity index (χ4v) is 3.12. The lowest BCUT2D eigenvalue weighted by Gasteiger charge is -2.28. The topological polar surface area (TPSA) is 99.0 Å². The molecule has 0 heterocycles. The highest BCUT2D eigenvalue weighted by atomic mass is 16.5. The Kier molecular flexibility index (Phi) is 5.03. The van der Waals surface area contributed by atoms with E-state index in [0.29, 0.717) is 0 Å². The number of aliphatic hydroxyl groups excluding tert-OH is 3. The lowest BCUT2D eigenvalue weighted by atomic mass is 9.98. The summed E-state index contributed by atoms with van der Waals surface area (Å²) in [7, 11) is 0. The van der Waals surface area contributed by atoms with Crippen molar-refractivity contribution in [3.63, 3.8) is 0 Å². The molecule has 4 N–H and O–H groups in total. The Hall–Kier alpha value is -2.41. The first-order valence-corrected chi connectivity index (χ1v) is 8.10. The Balaban J connectivity index is 1.74. The van der Waals surface area contributed by atoms with Gasteiger partial charge in [0, 0.05) is 5.92 Å². The van der Waals surface area contributed by atoms with E-state index >= 15 is 0 Å². The summed E-state index contributed by atoms with van der Waals surface area (Å²) in [6.07, 6.45) is -0.793. The Morgan fingerprint density at radius 3 is 1.88 bits per heavy atom. The molecular weight excluding hydrogens is 322 g/mol. The summed E-state index contributed by atoms with van der Waals surface area (Å²) in [4.78, 5) is 12.0. The van der Waals surface area contributed by atoms with Crippen LogP contribution in [0.4, 0.5) is 4.79 Å². The predicted molar refractivity (Wildman–Crippen MR) is 92.2 cm³/mol. The zero-order chi connectivity index (χ0) is 17.9. The highest BCUT2D eigenvalue weighted by Gasteiger charge is 2.32. The van der Waals surface area contributed by atoms with E-state index in [9.17, 15) is 20.1 Å². The maximum Gasteiger partial charge on any atom is 0.407 e. The molecule has 132 valence electrons. The monoisotopic (exact) mass is 343 g/mol. The summed E-state index contributed by atoms with van der Waals surface area (Å²) in [6, 6.07) is 16.0. The van der Waals surface area contributed by atoms with Gasteiger partial charge in [0.25, 0.3) is 0 Å². The average molecular weight is 343 g/mol. The highest BCUT2D eigenvalue weighted by molar-refractivity contribution is 5.79. The summed E-state index contributed by atoms with van der Waals surface area (Å²) in [5.74, 6) is -0.0788. The summed E-state index contributed by atoms with van der Waals surface area (Å²) in [6.45, 7) is -1.66. The van der Waals surface area contributed by atoms with Gasteiger partial charge in [0.1, 0.15) is 12.1 Å². The number of benzene rings is 2. The number of ether oxygens (including phenoxy) is 1. The van der Waals surface area contributed by atoms with Gasteiger partial charge >= 0.3 is 6.09 Å². The third-order valence-electron chi connectivity index (χ3n) is 4.62. The van der Waals surface area contributed by atoms with Crippen LogP contribution in [0.5, 0.6) is 0 Å². The van der Waals surface area contributed by atoms with E-state index in [2.05, 4.69) is 5.32 Å². The molecule has 3 rings (SSSR count). The minimum Gasteiger partial charge on any atom is -0.449 e. The number of alkyl carbamates (subject to hydrolysis) is 1. The van der Waals surface area contributed by atoms with Gasteiger partial charge in [0.15, 0.2) is 0 Å². The van der Waals surface area contributed by atoms with Crippen molar-refractivity contribution >= 4 is 6.09 Å². The van der Waals surface area contributed by atoms with Gasteiger partial charge in [0.05, 0.1) is 19.8 Å². The van der Waals surface area contributed by atoms with Crippen LogP contribution in [-0.2, 0) is 4.74 Å². The molecule has 0 unspecified atom stereocenters. The van der Waals surface area contributed by atoms with Crippen molar-refractivity contribution in [2.75, 3.05) is 26.4 Å². The van der Waals surface area contributed by atoms with E-state index in [1.807, 2.05) is 48.5 Å². The molecule has 0 aromatic heterocycles. The second-order valence-corrected chi connectivity index (χ2v) is 6.21. The van der Waals surface area contributed by atoms with Gasteiger partial charge in [-0.05, 0) is 22.3 Å². The lowest BCUT2D eigenvalue weighted by molar-refractivity contribution is 0.0365. The lowest BCUT2D eigenvalue weighted by Crippen LogP contribution is -2.57. The fraction of sp³-hybridized carbons (Fsp3) is 0.316. The predicted octanol–water partition coefficient (Wildman–Crippen LogP) is 1.24. The van der Waals surface area contributed by atoms with Crippen molar-refractivity contribution in [2.24, 2.45) is 0 Å². The average Bonchev–Trinajstić information content (AvgIpc) is 2.98. The number of hydrogen-bond donors (Lipinski definition) is 4. The molecular formula is C19H21NO5. The second-order valence-electron chi connectivity index (χ2n) is 6.21. The molecule has 0 fully saturated rings. The molecule has 0 spiro atoms. The molecule has 25 heavy (non-hydrogen) atoms. The van der Waals surface area contributed by atoms with Gasteiger partial charge < -0.3 is 25.4 Å². The van der Waals surface area contributed by atoms with Crippen LogP contribution in [0.1, 0.15) is 17.0 Å². The van der Waals surface area contributed by atoms with Crippen LogP contribution in [0.3, 0.4) is 0 Å². The number of hydrogen-bond acceptors (Lipinski definition) is 5. The van der Waals surface area contributed by atoms with Crippen molar-refractivity contribution in [1.82, 2.24) is 5.32 Å². The summed E-state index contributed by atoms with van der Waals surface area (Å²) >= 11 is 0. The molecule has 2 aromatic carbocycles. The Labute approximate surface area is 145 Å². The summed E-state index contributed by atoms with van der Waals surface area (Å²) < 4.78 is 5.32. The number of carbonyl (C=O) groups excluding carboxylic acids is 1. The Morgan fingerprint density at radius 2 is 1.40 bits per heavy atom. The molecule has 1 aliphatic rings. The number of carbonyl (C=O) groups is 1. The molecule has 1 amide bonds. The van der Waals surface area contributed by atoms with Gasteiger partial charge in [0.2, 0.25) is 0 Å². The van der Waals surface area contributed by atoms with Crippen LogP contribution in [0, 0.1) is 0 Å². The van der Waals surface area contributed by atoms with Crippen molar-refractivity contribution in [1.29, 1.82) is 0 Å². The van der Waals surface area contributed by atoms with Gasteiger partial charge in [-0.3, -0.25) is 0 Å². The molecule has 6 nitrogen and oxygen atoms in total. The van der Waals surface area contributed by atoms with Crippen molar-refractivity contribution < 1.29 is 24.9 Å². The van der Waals surface area contributed by atoms with Gasteiger partial charge in [-0.1, -0.05) is 48.5 Å². The molecule has 1 aliphatic carbocycles. The summed E-state index contributed by atoms with van der Waals surface area (Å²) in [5, 5.41) is 30.2. The molecule has 0 bridgehead atoms. The largest absolute Gasteiger partial charge is 0.449 e. The number of aliphatic hydroxyl groups is 3. The zero-order valence-electron chi connectivity index (χ0n) is 13.7. The third-order valence-corrected chi connectivity index (χ3v) is 4.62. The minimum absolute atomic E-state index is 0.0788. The number of fused-ring (bicyclic) bond motifs is 3. The van der Waals surface area contributed by atoms with E-state index in [1.165, 1.54) is 0 Å². The van der Waals surface area contributed by atoms with Crippen molar-refractivity contribution in [3.05, 3.63) is 59.7 Å². The smallest absolute Gasteiger partial charge is 0.407 e. The first-order valence-electron chi connectivity index (χ1n) is 8.10. The van der Waals surface area contributed by atoms with E-state index in [-0.39, 0.29) is 12.5 Å². The van der Waals surface area contributed by atoms with Crippen LogP contribution in [0.25, 0.3) is 11.1 Å². The van der Waals surface area contributed by atoms with Crippen LogP contribution in [0.15, 0.2) is 48.5 Å². The molecule has 2 aromatic rings. The first-order chi connectivity index (χ1) is 12.1. The number of nitrogens with one attached hydrogen (secondary N) is 1. The van der Waals surface area contributed by atoms with Crippen LogP contribution in [0.2, 0.25) is 0 Å². The maximum atomic E-state index is 12.0. The van der Waals surface area contributed by atoms with E-state index in [4.69, 9.17) is 4.74 Å². The second kappa shape index (κ2) is 7.23. The van der Waals surface area contributed by atoms with Gasteiger partial charge in [-0.2, -0.15) is 0 Å². The molecule has 0 saturated heterocycles. The Morgan fingerprint density at radius 1 is 0.920 bits per heavy atom. The quantitative estimate of drug-likeness (QED) is 0.632. The van der Waals surface area contributed by atoms with Gasteiger partial charge in [-0.15, -0.1) is 0 Å². The molecule has 0 radical (unpaired) electrons. The molecule has 0 atom stereocenters. The normalized spacial score (nSPS) is 13.2. The highest BCUT2D eigenvalue weighted by Crippen LogP contribution is 2.44. The first kappa shape index (κ1) is 17.4.